The van der Waals surface area contributed by atoms with Crippen LogP contribution in [0.25, 0.3) is 10.9 Å². The number of hydrogen-bond acceptors (Lipinski definition) is 4. The zero-order valence-electron chi connectivity index (χ0n) is 14.0. The highest BCUT2D eigenvalue weighted by Crippen LogP contribution is 2.23. The van der Waals surface area contributed by atoms with Gasteiger partial charge in [0.1, 0.15) is 5.82 Å². The first-order valence-electron chi connectivity index (χ1n) is 7.84. The molecule has 0 amide bonds. The molecule has 0 bridgehead atoms. The number of carbonyl (C=O) groups is 1. The average Bonchev–Trinajstić information content (AvgIpc) is 3.01. The summed E-state index contributed by atoms with van der Waals surface area (Å²) in [6.07, 6.45) is 0.755. The molecule has 0 unspecified atom stereocenters. The lowest BCUT2D eigenvalue weighted by molar-refractivity contribution is -0.140. The SMILES string of the molecule is COC(=O)CCc1cc2cc(NS(=O)(=O)c3ccc(F)cc3)ccc2[nH]1. The first-order valence-corrected chi connectivity index (χ1v) is 9.32. The Morgan fingerprint density at radius 2 is 1.88 bits per heavy atom. The highest BCUT2D eigenvalue weighted by atomic mass is 32.2. The van der Waals surface area contributed by atoms with Crippen LogP contribution in [0, 0.1) is 5.82 Å². The number of methoxy groups -OCH3 is 1. The summed E-state index contributed by atoms with van der Waals surface area (Å²) in [7, 11) is -2.46. The van der Waals surface area contributed by atoms with E-state index in [1.165, 1.54) is 19.2 Å². The van der Waals surface area contributed by atoms with Gasteiger partial charge in [0.05, 0.1) is 18.4 Å². The van der Waals surface area contributed by atoms with Crippen LogP contribution in [0.15, 0.2) is 53.4 Å². The number of halogens is 1. The normalized spacial score (nSPS) is 11.5. The zero-order chi connectivity index (χ0) is 18.7. The smallest absolute Gasteiger partial charge is 0.305 e. The molecule has 136 valence electrons. The number of aromatic amines is 1. The van der Waals surface area contributed by atoms with Gasteiger partial charge in [-0.25, -0.2) is 12.8 Å². The molecule has 3 rings (SSSR count). The molecular formula is C18H17FN2O4S. The van der Waals surface area contributed by atoms with Crippen LogP contribution in [0.5, 0.6) is 0 Å². The number of carbonyl (C=O) groups excluding carboxylic acids is 1. The molecule has 1 aromatic heterocycles. The number of benzene rings is 2. The first-order chi connectivity index (χ1) is 12.4. The van der Waals surface area contributed by atoms with Crippen LogP contribution in [0.2, 0.25) is 0 Å². The topological polar surface area (TPSA) is 88.3 Å². The van der Waals surface area contributed by atoms with E-state index in [4.69, 9.17) is 0 Å². The van der Waals surface area contributed by atoms with Crippen molar-refractivity contribution in [3.8, 4) is 0 Å². The van der Waals surface area contributed by atoms with E-state index in [0.717, 1.165) is 28.7 Å². The number of aryl methyl sites for hydroxylation is 1. The molecule has 0 aliphatic rings. The summed E-state index contributed by atoms with van der Waals surface area (Å²) >= 11 is 0. The monoisotopic (exact) mass is 376 g/mol. The lowest BCUT2D eigenvalue weighted by Gasteiger charge is -2.08. The minimum absolute atomic E-state index is 0.0215. The van der Waals surface area contributed by atoms with Gasteiger partial charge >= 0.3 is 5.97 Å². The molecule has 0 radical (unpaired) electrons. The fourth-order valence-electron chi connectivity index (χ4n) is 2.56. The van der Waals surface area contributed by atoms with Crippen molar-refractivity contribution in [2.45, 2.75) is 17.7 Å². The van der Waals surface area contributed by atoms with Crippen molar-refractivity contribution in [1.29, 1.82) is 0 Å². The summed E-state index contributed by atoms with van der Waals surface area (Å²) in [5.41, 5.74) is 2.07. The third-order valence-corrected chi connectivity index (χ3v) is 5.28. The van der Waals surface area contributed by atoms with Crippen LogP contribution in [-0.2, 0) is 26.0 Å². The minimum atomic E-state index is -3.80. The number of nitrogens with one attached hydrogen (secondary N) is 2. The fourth-order valence-corrected chi connectivity index (χ4v) is 3.61. The predicted molar refractivity (Wildman–Crippen MR) is 95.8 cm³/mol. The summed E-state index contributed by atoms with van der Waals surface area (Å²) in [6, 6.07) is 11.5. The Morgan fingerprint density at radius 1 is 1.15 bits per heavy atom. The molecule has 0 saturated carbocycles. The number of anilines is 1. The third kappa shape index (κ3) is 4.02. The van der Waals surface area contributed by atoms with E-state index in [1.54, 1.807) is 18.2 Å². The maximum atomic E-state index is 13.0. The van der Waals surface area contributed by atoms with Gasteiger partial charge in [0, 0.05) is 22.3 Å². The third-order valence-electron chi connectivity index (χ3n) is 3.88. The van der Waals surface area contributed by atoms with Crippen molar-refractivity contribution in [3.05, 3.63) is 60.0 Å². The Labute approximate surface area is 150 Å². The predicted octanol–water partition coefficient (Wildman–Crippen LogP) is 3.21. The van der Waals surface area contributed by atoms with Crippen LogP contribution in [0.4, 0.5) is 10.1 Å². The van der Waals surface area contributed by atoms with Crippen molar-refractivity contribution < 1.29 is 22.3 Å². The summed E-state index contributed by atoms with van der Waals surface area (Å²) in [6.45, 7) is 0. The van der Waals surface area contributed by atoms with E-state index in [2.05, 4.69) is 14.4 Å². The Balaban J connectivity index is 1.80. The van der Waals surface area contributed by atoms with E-state index in [1.807, 2.05) is 6.07 Å². The van der Waals surface area contributed by atoms with Gasteiger partial charge in [0.25, 0.3) is 10.0 Å². The summed E-state index contributed by atoms with van der Waals surface area (Å²) in [5, 5.41) is 0.809. The average molecular weight is 376 g/mol. The van der Waals surface area contributed by atoms with Crippen molar-refractivity contribution >= 4 is 32.6 Å². The quantitative estimate of drug-likeness (QED) is 0.647. The number of ether oxygens (including phenoxy) is 1. The Bertz CT molecular complexity index is 1040. The van der Waals surface area contributed by atoms with Gasteiger partial charge in [-0.1, -0.05) is 0 Å². The molecule has 2 aromatic carbocycles. The van der Waals surface area contributed by atoms with Gasteiger partial charge in [-0.05, 0) is 55.0 Å². The molecule has 6 nitrogen and oxygen atoms in total. The molecule has 26 heavy (non-hydrogen) atoms. The number of rotatable bonds is 6. The maximum absolute atomic E-state index is 13.0. The molecule has 8 heteroatoms. The lowest BCUT2D eigenvalue weighted by Crippen LogP contribution is -2.12. The second kappa shape index (κ2) is 7.17. The highest BCUT2D eigenvalue weighted by Gasteiger charge is 2.14. The molecule has 3 aromatic rings. The molecule has 0 fully saturated rings. The molecule has 0 atom stereocenters. The number of esters is 1. The molecular weight excluding hydrogens is 359 g/mol. The largest absolute Gasteiger partial charge is 0.469 e. The van der Waals surface area contributed by atoms with E-state index < -0.39 is 15.8 Å². The zero-order valence-corrected chi connectivity index (χ0v) is 14.8. The molecule has 1 heterocycles. The van der Waals surface area contributed by atoms with Crippen molar-refractivity contribution in [2.24, 2.45) is 0 Å². The molecule has 0 aliphatic heterocycles. The van der Waals surface area contributed by atoms with Gasteiger partial charge in [0.15, 0.2) is 0 Å². The standard InChI is InChI=1S/C18H17FN2O4S/c1-25-18(22)9-5-14-10-12-11-15(4-8-17(12)20-14)21-26(23,24)16-6-2-13(19)3-7-16/h2-4,6-8,10-11,20-21H,5,9H2,1H3. The first kappa shape index (κ1) is 17.9. The van der Waals surface area contributed by atoms with Gasteiger partial charge in [-0.3, -0.25) is 9.52 Å². The Kier molecular flexibility index (Phi) is 4.94. The summed E-state index contributed by atoms with van der Waals surface area (Å²) in [4.78, 5) is 14.4. The van der Waals surface area contributed by atoms with Gasteiger partial charge in [0.2, 0.25) is 0 Å². The Morgan fingerprint density at radius 3 is 2.58 bits per heavy atom. The van der Waals surface area contributed by atoms with Crippen molar-refractivity contribution in [3.63, 3.8) is 0 Å². The second-order valence-electron chi connectivity index (χ2n) is 5.73. The van der Waals surface area contributed by atoms with E-state index in [-0.39, 0.29) is 17.3 Å². The Hall–Kier alpha value is -2.87. The number of sulfonamides is 1. The molecule has 0 aliphatic carbocycles. The van der Waals surface area contributed by atoms with Gasteiger partial charge < -0.3 is 9.72 Å². The summed E-state index contributed by atoms with van der Waals surface area (Å²) < 4.78 is 44.8. The number of H-pyrrole nitrogens is 1. The van der Waals surface area contributed by atoms with Crippen LogP contribution >= 0.6 is 0 Å². The van der Waals surface area contributed by atoms with Gasteiger partial charge in [-0.2, -0.15) is 0 Å². The maximum Gasteiger partial charge on any atom is 0.305 e. The van der Waals surface area contributed by atoms with Crippen LogP contribution in [-0.4, -0.2) is 26.5 Å². The van der Waals surface area contributed by atoms with E-state index in [0.29, 0.717) is 12.1 Å². The number of fused-ring (bicyclic) bond motifs is 1. The van der Waals surface area contributed by atoms with E-state index in [9.17, 15) is 17.6 Å². The van der Waals surface area contributed by atoms with Crippen molar-refractivity contribution in [1.82, 2.24) is 4.98 Å². The fraction of sp³-hybridized carbons (Fsp3) is 0.167. The van der Waals surface area contributed by atoms with Crippen LogP contribution in [0.1, 0.15) is 12.1 Å². The van der Waals surface area contributed by atoms with E-state index >= 15 is 0 Å². The summed E-state index contributed by atoms with van der Waals surface area (Å²) in [5.74, 6) is -0.798. The lowest BCUT2D eigenvalue weighted by atomic mass is 10.2. The number of aromatic nitrogens is 1. The van der Waals surface area contributed by atoms with Crippen LogP contribution in [0.3, 0.4) is 0 Å². The number of hydrogen-bond donors (Lipinski definition) is 2. The van der Waals surface area contributed by atoms with Gasteiger partial charge in [-0.15, -0.1) is 0 Å². The molecule has 0 saturated heterocycles. The van der Waals surface area contributed by atoms with Crippen molar-refractivity contribution in [2.75, 3.05) is 11.8 Å². The highest BCUT2D eigenvalue weighted by molar-refractivity contribution is 7.92. The molecule has 2 N–H and O–H groups in total. The van der Waals surface area contributed by atoms with Crippen LogP contribution < -0.4 is 4.72 Å². The molecule has 0 spiro atoms. The second-order valence-corrected chi connectivity index (χ2v) is 7.41. The minimum Gasteiger partial charge on any atom is -0.469 e.